The minimum Gasteiger partial charge on any atom is -0.288 e. The smallest absolute Gasteiger partial charge is 0.258 e. The lowest BCUT2D eigenvalue weighted by atomic mass is 10.1. The van der Waals surface area contributed by atoms with Crippen molar-refractivity contribution in [1.82, 2.24) is 5.32 Å². The van der Waals surface area contributed by atoms with Crippen LogP contribution in [0.5, 0.6) is 0 Å². The number of hydrogen-bond donors (Lipinski definition) is 2. The quantitative estimate of drug-likeness (QED) is 0.457. The van der Waals surface area contributed by atoms with Gasteiger partial charge in [-0.3, -0.25) is 14.9 Å². The van der Waals surface area contributed by atoms with Gasteiger partial charge in [-0.25, -0.2) is 0 Å². The Kier molecular flexibility index (Phi) is 2.49. The average Bonchev–Trinajstić information content (AvgIpc) is 2.47. The van der Waals surface area contributed by atoms with Crippen LogP contribution in [0, 0.1) is 10.5 Å². The summed E-state index contributed by atoms with van der Waals surface area (Å²) < 4.78 is 0. The van der Waals surface area contributed by atoms with Crippen molar-refractivity contribution in [1.29, 1.82) is 5.59 Å². The van der Waals surface area contributed by atoms with Crippen LogP contribution >= 0.6 is 0 Å². The molecule has 0 radical (unpaired) electrons. The molecule has 0 bridgehead atoms. The number of nitrogens with one attached hydrogen (secondary N) is 2. The van der Waals surface area contributed by atoms with Crippen molar-refractivity contribution >= 4 is 11.8 Å². The molecule has 0 aromatic heterocycles. The molecule has 2 amide bonds. The van der Waals surface area contributed by atoms with E-state index in [-0.39, 0.29) is 11.8 Å². The predicted molar refractivity (Wildman–Crippen MR) is 44.3 cm³/mol. The van der Waals surface area contributed by atoms with Gasteiger partial charge in [0.15, 0.2) is 0 Å². The van der Waals surface area contributed by atoms with E-state index in [2.05, 4.69) is 10.9 Å². The van der Waals surface area contributed by atoms with Crippen LogP contribution in [-0.2, 0) is 0 Å². The minimum absolute atomic E-state index is 0.300. The van der Waals surface area contributed by atoms with Gasteiger partial charge in [-0.15, -0.1) is 0 Å². The summed E-state index contributed by atoms with van der Waals surface area (Å²) in [7, 11) is 0. The zero-order chi connectivity index (χ0) is 9.84. The summed E-state index contributed by atoms with van der Waals surface area (Å²) in [5, 5.41) is 2.20. The van der Waals surface area contributed by atoms with Gasteiger partial charge in [0.2, 0.25) is 0 Å². The molecule has 2 N–H and O–H groups in total. The summed E-state index contributed by atoms with van der Waals surface area (Å²) in [5.41, 5.74) is 5.44. The van der Waals surface area contributed by atoms with E-state index in [9.17, 15) is 9.59 Å². The fourth-order valence-corrected chi connectivity index (χ4v) is 1.12. The Morgan fingerprint density at radius 1 is 0.923 bits per heavy atom. The Morgan fingerprint density at radius 3 is 1.69 bits per heavy atom. The molecule has 0 saturated carbocycles. The molecule has 0 saturated heterocycles. The Labute approximate surface area is 73.5 Å². The van der Waals surface area contributed by atoms with Crippen LogP contribution in [0.1, 0.15) is 20.7 Å². The molecule has 1 heterocycles. The Hall–Kier alpha value is -2.04. The highest BCUT2D eigenvalue weighted by molar-refractivity contribution is 6.21. The van der Waals surface area contributed by atoms with E-state index >= 15 is 0 Å². The van der Waals surface area contributed by atoms with E-state index in [1.165, 1.54) is 0 Å². The van der Waals surface area contributed by atoms with Crippen LogP contribution in [0.25, 0.3) is 0 Å². The topological polar surface area (TPSA) is 87.1 Å². The molecule has 0 spiro atoms. The number of imide groups is 1. The number of benzene rings is 1. The molecule has 13 heavy (non-hydrogen) atoms. The fourth-order valence-electron chi connectivity index (χ4n) is 1.12. The third-order valence-corrected chi connectivity index (χ3v) is 1.64. The molecule has 1 aromatic rings. The molecule has 1 aromatic carbocycles. The van der Waals surface area contributed by atoms with Crippen LogP contribution in [0.15, 0.2) is 24.3 Å². The zero-order valence-electron chi connectivity index (χ0n) is 6.53. The van der Waals surface area contributed by atoms with Crippen LogP contribution < -0.4 is 5.32 Å². The second-order valence-electron chi connectivity index (χ2n) is 2.33. The number of fused-ring (bicyclic) bond motifs is 1. The van der Waals surface area contributed by atoms with Gasteiger partial charge in [0.25, 0.3) is 11.8 Å². The zero-order valence-corrected chi connectivity index (χ0v) is 6.53. The SMILES string of the molecule is N=O.O=C1NC(=O)c2ccccc21. The second kappa shape index (κ2) is 3.57. The highest BCUT2D eigenvalue weighted by atomic mass is 16.2. The van der Waals surface area contributed by atoms with Crippen molar-refractivity contribution in [2.75, 3.05) is 0 Å². The molecular weight excluding hydrogens is 172 g/mol. The standard InChI is InChI=1S/C8H5NO2.HNO/c10-7-5-3-1-2-4-6(5)8(11)9-7;1-2/h1-4H,(H,9,10,11);1H. The van der Waals surface area contributed by atoms with Gasteiger partial charge in [0, 0.05) is 0 Å². The van der Waals surface area contributed by atoms with E-state index in [1.807, 2.05) is 0 Å². The molecule has 0 fully saturated rings. The van der Waals surface area contributed by atoms with Crippen LogP contribution in [-0.4, -0.2) is 11.8 Å². The summed E-state index contributed by atoms with van der Waals surface area (Å²) in [6, 6.07) is 6.74. The molecule has 5 heteroatoms. The first-order chi connectivity index (χ1) is 6.29. The summed E-state index contributed by atoms with van der Waals surface area (Å²) in [4.78, 5) is 29.4. The van der Waals surface area contributed by atoms with Crippen molar-refractivity contribution in [2.45, 2.75) is 0 Å². The molecular formula is C8H6N2O3. The lowest BCUT2D eigenvalue weighted by molar-refractivity contribution is 0.0879. The summed E-state index contributed by atoms with van der Waals surface area (Å²) >= 11 is 0. The number of nitroso groups, excluding NO2 is 1. The maximum atomic E-state index is 10.9. The fraction of sp³-hybridized carbons (Fsp3) is 0. The maximum absolute atomic E-state index is 10.9. The minimum atomic E-state index is -0.300. The number of hydrogen-bond acceptors (Lipinski definition) is 4. The maximum Gasteiger partial charge on any atom is 0.258 e. The Balaban J connectivity index is 0.000000396. The van der Waals surface area contributed by atoms with Crippen LogP contribution in [0.3, 0.4) is 0 Å². The number of carbonyl (C=O) groups excluding carboxylic acids is 2. The Bertz CT molecular complexity index is 329. The molecule has 0 atom stereocenters. The molecule has 2 rings (SSSR count). The molecule has 0 unspecified atom stereocenters. The highest BCUT2D eigenvalue weighted by Crippen LogP contribution is 2.13. The van der Waals surface area contributed by atoms with Crippen molar-refractivity contribution in [3.05, 3.63) is 40.3 Å². The van der Waals surface area contributed by atoms with Gasteiger partial charge in [-0.05, 0) is 12.1 Å². The molecule has 1 aliphatic heterocycles. The first kappa shape index (κ1) is 9.05. The van der Waals surface area contributed by atoms with Gasteiger partial charge >= 0.3 is 0 Å². The van der Waals surface area contributed by atoms with E-state index in [1.54, 1.807) is 24.3 Å². The molecule has 5 nitrogen and oxygen atoms in total. The third-order valence-electron chi connectivity index (χ3n) is 1.64. The van der Waals surface area contributed by atoms with Gasteiger partial charge in [-0.2, -0.15) is 4.91 Å². The highest BCUT2D eigenvalue weighted by Gasteiger charge is 2.25. The predicted octanol–water partition coefficient (Wildman–Crippen LogP) is 0.902. The van der Waals surface area contributed by atoms with Gasteiger partial charge in [0.05, 0.1) is 11.1 Å². The summed E-state index contributed by atoms with van der Waals surface area (Å²) in [6.45, 7) is 0. The second-order valence-corrected chi connectivity index (χ2v) is 2.33. The van der Waals surface area contributed by atoms with Crippen LogP contribution in [0.2, 0.25) is 0 Å². The molecule has 0 aliphatic carbocycles. The normalized spacial score (nSPS) is 12.6. The van der Waals surface area contributed by atoms with E-state index < -0.39 is 0 Å². The lowest BCUT2D eigenvalue weighted by Crippen LogP contribution is -2.19. The first-order valence-corrected chi connectivity index (χ1v) is 3.44. The lowest BCUT2D eigenvalue weighted by Gasteiger charge is -1.88. The van der Waals surface area contributed by atoms with Crippen molar-refractivity contribution in [2.24, 2.45) is 0 Å². The third kappa shape index (κ3) is 1.44. The van der Waals surface area contributed by atoms with Gasteiger partial charge < -0.3 is 0 Å². The molecule has 1 aliphatic rings. The number of amides is 2. The number of rotatable bonds is 0. The van der Waals surface area contributed by atoms with Crippen molar-refractivity contribution in [3.8, 4) is 0 Å². The summed E-state index contributed by atoms with van der Waals surface area (Å²) in [5.74, 6) is -0.601. The van der Waals surface area contributed by atoms with Crippen LogP contribution in [0.4, 0.5) is 0 Å². The average molecular weight is 178 g/mol. The Morgan fingerprint density at radius 2 is 1.31 bits per heavy atom. The van der Waals surface area contributed by atoms with Crippen molar-refractivity contribution in [3.63, 3.8) is 0 Å². The largest absolute Gasteiger partial charge is 0.288 e. The van der Waals surface area contributed by atoms with Gasteiger partial charge in [-0.1, -0.05) is 17.7 Å². The molecule has 66 valence electrons. The van der Waals surface area contributed by atoms with E-state index in [4.69, 9.17) is 4.91 Å². The number of carbonyl (C=O) groups is 2. The van der Waals surface area contributed by atoms with E-state index in [0.717, 1.165) is 0 Å². The van der Waals surface area contributed by atoms with Gasteiger partial charge in [0.1, 0.15) is 0 Å². The summed E-state index contributed by atoms with van der Waals surface area (Å²) in [6.07, 6.45) is 0. The van der Waals surface area contributed by atoms with Crippen molar-refractivity contribution < 1.29 is 9.59 Å². The monoisotopic (exact) mass is 178 g/mol. The van der Waals surface area contributed by atoms with E-state index in [0.29, 0.717) is 11.1 Å². The first-order valence-electron chi connectivity index (χ1n) is 3.44.